The summed E-state index contributed by atoms with van der Waals surface area (Å²) >= 11 is 0. The molecule has 0 spiro atoms. The lowest BCUT2D eigenvalue weighted by molar-refractivity contribution is 1.05. The second-order valence-electron chi connectivity index (χ2n) is 7.20. The van der Waals surface area contributed by atoms with Gasteiger partial charge in [-0.3, -0.25) is 0 Å². The van der Waals surface area contributed by atoms with Gasteiger partial charge in [-0.15, -0.1) is 0 Å². The summed E-state index contributed by atoms with van der Waals surface area (Å²) in [4.78, 5) is 0. The van der Waals surface area contributed by atoms with Crippen molar-refractivity contribution in [1.29, 1.82) is 0 Å². The molecule has 0 aliphatic rings. The lowest BCUT2D eigenvalue weighted by atomic mass is 10.0. The third-order valence-electron chi connectivity index (χ3n) is 5.58. The van der Waals surface area contributed by atoms with Crippen LogP contribution in [0.2, 0.25) is 0 Å². The number of hydrogen-bond acceptors (Lipinski definition) is 0. The highest BCUT2D eigenvalue weighted by atomic mass is 14.9. The van der Waals surface area contributed by atoms with E-state index in [-0.39, 0.29) is 0 Å². The molecule has 0 aliphatic heterocycles. The molecule has 0 aliphatic carbocycles. The number of hydrogen-bond donors (Lipinski definition) is 0. The van der Waals surface area contributed by atoms with Crippen molar-refractivity contribution in [3.05, 3.63) is 56.5 Å². The zero-order valence-electron chi connectivity index (χ0n) is 15.5. The molecule has 0 saturated carbocycles. The molecule has 122 valence electrons. The van der Waals surface area contributed by atoms with Crippen LogP contribution in [0.5, 0.6) is 0 Å². The smallest absolute Gasteiger partial charge is 0.0524 e. The molecule has 4 heterocycles. The maximum absolute atomic E-state index is 4.46. The van der Waals surface area contributed by atoms with Crippen LogP contribution in [0.1, 0.15) is 33.6 Å². The average Bonchev–Trinajstić information content (AvgIpc) is 2.96. The van der Waals surface area contributed by atoms with Gasteiger partial charge >= 0.3 is 0 Å². The first-order chi connectivity index (χ1) is 11.3. The summed E-state index contributed by atoms with van der Waals surface area (Å²) in [6, 6.07) is 4.49. The highest BCUT2D eigenvalue weighted by Crippen LogP contribution is 2.28. The van der Waals surface area contributed by atoms with Crippen LogP contribution in [-0.2, 0) is 0 Å². The summed E-state index contributed by atoms with van der Waals surface area (Å²) in [6.07, 6.45) is 0. The number of nitrogens with zero attached hydrogens (tertiary/aromatic N) is 2. The minimum Gasteiger partial charge on any atom is -0.314 e. The van der Waals surface area contributed by atoms with Gasteiger partial charge in [-0.2, -0.15) is 0 Å². The lowest BCUT2D eigenvalue weighted by Crippen LogP contribution is -2.23. The van der Waals surface area contributed by atoms with Crippen LogP contribution < -0.4 is 10.7 Å². The Labute approximate surface area is 142 Å². The molecule has 4 aromatic rings. The molecule has 0 atom stereocenters. The first-order valence-electron chi connectivity index (χ1n) is 8.45. The van der Waals surface area contributed by atoms with Gasteiger partial charge in [0.15, 0.2) is 0 Å². The van der Waals surface area contributed by atoms with Crippen molar-refractivity contribution >= 4 is 35.0 Å². The molecular weight excluding hydrogens is 292 g/mol. The highest BCUT2D eigenvalue weighted by molar-refractivity contribution is 5.97. The maximum atomic E-state index is 4.46. The second-order valence-corrected chi connectivity index (χ2v) is 7.20. The summed E-state index contributed by atoms with van der Waals surface area (Å²) in [5, 5.41) is 4.63. The molecule has 24 heavy (non-hydrogen) atoms. The van der Waals surface area contributed by atoms with Crippen LogP contribution in [0.15, 0.2) is 12.1 Å². The third-order valence-corrected chi connectivity index (χ3v) is 5.58. The summed E-state index contributed by atoms with van der Waals surface area (Å²) in [5.41, 5.74) is 10.2. The van der Waals surface area contributed by atoms with Crippen molar-refractivity contribution < 1.29 is 0 Å². The monoisotopic (exact) mass is 316 g/mol. The Hall–Kier alpha value is -2.48. The van der Waals surface area contributed by atoms with Gasteiger partial charge in [0.25, 0.3) is 0 Å². The van der Waals surface area contributed by atoms with Gasteiger partial charge in [0.1, 0.15) is 0 Å². The van der Waals surface area contributed by atoms with E-state index >= 15 is 0 Å². The van der Waals surface area contributed by atoms with Crippen LogP contribution in [0.3, 0.4) is 0 Å². The SMILES string of the molecule is C=c1c2c(C)c3c(C)cc(C)n3c(=C)c2c(C)c2c(C)cc(C)n12. The lowest BCUT2D eigenvalue weighted by Gasteiger charge is -2.16. The Morgan fingerprint density at radius 2 is 0.958 bits per heavy atom. The van der Waals surface area contributed by atoms with Crippen molar-refractivity contribution in [3.8, 4) is 0 Å². The summed E-state index contributed by atoms with van der Waals surface area (Å²) < 4.78 is 4.61. The average molecular weight is 316 g/mol. The van der Waals surface area contributed by atoms with E-state index in [0.717, 1.165) is 10.7 Å². The van der Waals surface area contributed by atoms with Gasteiger partial charge in [-0.25, -0.2) is 0 Å². The fourth-order valence-electron chi connectivity index (χ4n) is 4.78. The number of pyridine rings is 2. The van der Waals surface area contributed by atoms with E-state index in [1.807, 2.05) is 0 Å². The van der Waals surface area contributed by atoms with Crippen molar-refractivity contribution in [2.45, 2.75) is 41.5 Å². The van der Waals surface area contributed by atoms with Crippen molar-refractivity contribution in [1.82, 2.24) is 8.80 Å². The van der Waals surface area contributed by atoms with Crippen LogP contribution in [0.4, 0.5) is 0 Å². The first-order valence-corrected chi connectivity index (χ1v) is 8.45. The highest BCUT2D eigenvalue weighted by Gasteiger charge is 2.17. The van der Waals surface area contributed by atoms with Gasteiger partial charge in [0.05, 0.1) is 11.0 Å². The predicted molar refractivity (Wildman–Crippen MR) is 105 cm³/mol. The van der Waals surface area contributed by atoms with Crippen molar-refractivity contribution in [2.75, 3.05) is 0 Å². The summed E-state index contributed by atoms with van der Waals surface area (Å²) in [7, 11) is 0. The Kier molecular flexibility index (Phi) is 2.85. The normalized spacial score (nSPS) is 12.1. The van der Waals surface area contributed by atoms with E-state index in [9.17, 15) is 0 Å². The molecule has 0 bridgehead atoms. The number of rotatable bonds is 0. The van der Waals surface area contributed by atoms with Crippen molar-refractivity contribution in [3.63, 3.8) is 0 Å². The molecule has 2 nitrogen and oxygen atoms in total. The fourth-order valence-corrected chi connectivity index (χ4v) is 4.78. The Bertz CT molecular complexity index is 1180. The van der Waals surface area contributed by atoms with Gasteiger partial charge in [-0.05, 0) is 75.9 Å². The van der Waals surface area contributed by atoms with E-state index in [1.165, 1.54) is 55.4 Å². The fraction of sp³-hybridized carbons (Fsp3) is 0.273. The molecule has 2 heteroatoms. The van der Waals surface area contributed by atoms with Crippen LogP contribution in [-0.4, -0.2) is 8.80 Å². The third kappa shape index (κ3) is 1.56. The Morgan fingerprint density at radius 1 is 0.625 bits per heavy atom. The minimum atomic E-state index is 1.07. The molecule has 0 aromatic carbocycles. The molecule has 0 radical (unpaired) electrons. The second kappa shape index (κ2) is 4.54. The molecule has 0 fully saturated rings. The van der Waals surface area contributed by atoms with E-state index in [0.29, 0.717) is 0 Å². The Balaban J connectivity index is 2.52. The topological polar surface area (TPSA) is 8.82 Å². The molecule has 0 unspecified atom stereocenters. The van der Waals surface area contributed by atoms with E-state index in [4.69, 9.17) is 0 Å². The maximum Gasteiger partial charge on any atom is 0.0524 e. The number of aromatic nitrogens is 2. The van der Waals surface area contributed by atoms with E-state index < -0.39 is 0 Å². The molecular formula is C22H24N2. The standard InChI is InChI=1S/C22H24N2/c1-11-9-13(3)23-17(7)20-16(6)22-12(2)10-14(4)24(22)18(8)19(20)15(5)21(11)23/h9-10H,7-8H2,1-6H3. The van der Waals surface area contributed by atoms with Crippen molar-refractivity contribution in [2.24, 2.45) is 0 Å². The zero-order chi connectivity index (χ0) is 17.5. The zero-order valence-corrected chi connectivity index (χ0v) is 15.5. The molecule has 0 N–H and O–H groups in total. The van der Waals surface area contributed by atoms with Crippen LogP contribution in [0, 0.1) is 41.5 Å². The van der Waals surface area contributed by atoms with Gasteiger partial charge < -0.3 is 8.80 Å². The largest absolute Gasteiger partial charge is 0.314 e. The molecule has 4 aromatic heterocycles. The Morgan fingerprint density at radius 3 is 1.29 bits per heavy atom. The van der Waals surface area contributed by atoms with Gasteiger partial charge in [0.2, 0.25) is 0 Å². The number of fused-ring (bicyclic) bond motifs is 3. The predicted octanol–water partition coefficient (Wildman–Crippen LogP) is 4.02. The first kappa shape index (κ1) is 15.1. The van der Waals surface area contributed by atoms with Crippen LogP contribution >= 0.6 is 0 Å². The quantitative estimate of drug-likeness (QED) is 0.463. The van der Waals surface area contributed by atoms with E-state index in [1.54, 1.807) is 0 Å². The van der Waals surface area contributed by atoms with Gasteiger partial charge in [0, 0.05) is 32.9 Å². The summed E-state index contributed by atoms with van der Waals surface area (Å²) in [6.45, 7) is 22.0. The van der Waals surface area contributed by atoms with Crippen LogP contribution in [0.25, 0.3) is 35.0 Å². The molecule has 4 rings (SSSR count). The van der Waals surface area contributed by atoms with E-state index in [2.05, 4.69) is 75.6 Å². The molecule has 0 amide bonds. The van der Waals surface area contributed by atoms with Gasteiger partial charge in [-0.1, -0.05) is 13.2 Å². The summed E-state index contributed by atoms with van der Waals surface area (Å²) in [5.74, 6) is 0. The minimum absolute atomic E-state index is 1.07. The molecule has 0 saturated heterocycles. The number of aryl methyl sites for hydroxylation is 6.